The fourth-order valence-corrected chi connectivity index (χ4v) is 2.65. The molecule has 3 heteroatoms. The Morgan fingerprint density at radius 3 is 2.78 bits per heavy atom. The first-order valence-corrected chi connectivity index (χ1v) is 7.29. The van der Waals surface area contributed by atoms with Gasteiger partial charge in [0.25, 0.3) is 0 Å². The molecular formula is C15H26N2O. The van der Waals surface area contributed by atoms with Gasteiger partial charge in [0.05, 0.1) is 0 Å². The third-order valence-electron chi connectivity index (χ3n) is 3.86. The summed E-state index contributed by atoms with van der Waals surface area (Å²) in [6.45, 7) is 1.44. The van der Waals surface area contributed by atoms with Gasteiger partial charge < -0.3 is 15.0 Å². The average Bonchev–Trinajstić information content (AvgIpc) is 3.10. The van der Waals surface area contributed by atoms with Crippen molar-refractivity contribution < 1.29 is 5.11 Å². The summed E-state index contributed by atoms with van der Waals surface area (Å²) in [6.07, 6.45) is 11.8. The summed E-state index contributed by atoms with van der Waals surface area (Å²) in [5.74, 6) is 0.857. The Kier molecular flexibility index (Phi) is 5.26. The number of aliphatic hydroxyl groups is 1. The number of aromatic nitrogens is 1. The second kappa shape index (κ2) is 6.95. The first-order valence-electron chi connectivity index (χ1n) is 7.29. The maximum atomic E-state index is 8.72. The van der Waals surface area contributed by atoms with E-state index in [9.17, 15) is 0 Å². The van der Waals surface area contributed by atoms with E-state index in [0.29, 0.717) is 12.6 Å². The number of hydrogen-bond acceptors (Lipinski definition) is 2. The predicted molar refractivity (Wildman–Crippen MR) is 74.5 cm³/mol. The van der Waals surface area contributed by atoms with Gasteiger partial charge in [0.2, 0.25) is 0 Å². The lowest BCUT2D eigenvalue weighted by Crippen LogP contribution is -2.17. The van der Waals surface area contributed by atoms with Crippen molar-refractivity contribution in [1.29, 1.82) is 0 Å². The molecule has 0 aliphatic heterocycles. The molecule has 1 aliphatic carbocycles. The minimum Gasteiger partial charge on any atom is -0.396 e. The maximum Gasteiger partial charge on any atom is 0.0431 e. The van der Waals surface area contributed by atoms with Gasteiger partial charge in [-0.15, -0.1) is 0 Å². The zero-order valence-corrected chi connectivity index (χ0v) is 11.4. The highest BCUT2D eigenvalue weighted by Gasteiger charge is 2.31. The summed E-state index contributed by atoms with van der Waals surface area (Å²) in [5.41, 5.74) is 1.44. The molecule has 0 spiro atoms. The second-order valence-corrected chi connectivity index (χ2v) is 5.42. The Hall–Kier alpha value is -0.800. The van der Waals surface area contributed by atoms with Crippen LogP contribution < -0.4 is 5.32 Å². The van der Waals surface area contributed by atoms with Crippen molar-refractivity contribution in [3.05, 3.63) is 24.0 Å². The highest BCUT2D eigenvalue weighted by Crippen LogP contribution is 2.40. The Morgan fingerprint density at radius 1 is 1.33 bits per heavy atom. The summed E-state index contributed by atoms with van der Waals surface area (Å²) in [4.78, 5) is 0. The molecule has 1 aromatic heterocycles. The molecule has 102 valence electrons. The fourth-order valence-electron chi connectivity index (χ4n) is 2.65. The van der Waals surface area contributed by atoms with Gasteiger partial charge in [-0.25, -0.2) is 0 Å². The van der Waals surface area contributed by atoms with Crippen molar-refractivity contribution in [2.24, 2.45) is 5.92 Å². The van der Waals surface area contributed by atoms with Crippen LogP contribution in [0.3, 0.4) is 0 Å². The zero-order chi connectivity index (χ0) is 12.8. The molecule has 1 unspecified atom stereocenters. The molecule has 1 aliphatic rings. The van der Waals surface area contributed by atoms with Gasteiger partial charge in [-0.05, 0) is 50.3 Å². The predicted octanol–water partition coefficient (Wildman–Crippen LogP) is 2.71. The van der Waals surface area contributed by atoms with Gasteiger partial charge in [-0.1, -0.05) is 12.8 Å². The standard InChI is InChI=1S/C15H26N2O/c1-16-15(13-6-7-13)14-8-10-17(12-14)9-4-2-3-5-11-18/h8,10,12-13,15-16,18H,2-7,9,11H2,1H3. The van der Waals surface area contributed by atoms with Crippen LogP contribution in [0.5, 0.6) is 0 Å². The number of hydrogen-bond donors (Lipinski definition) is 2. The average molecular weight is 250 g/mol. The van der Waals surface area contributed by atoms with E-state index in [2.05, 4.69) is 35.4 Å². The maximum absolute atomic E-state index is 8.72. The van der Waals surface area contributed by atoms with E-state index in [0.717, 1.165) is 25.3 Å². The van der Waals surface area contributed by atoms with E-state index in [-0.39, 0.29) is 0 Å². The molecule has 1 heterocycles. The molecule has 0 radical (unpaired) electrons. The third-order valence-corrected chi connectivity index (χ3v) is 3.86. The van der Waals surface area contributed by atoms with Crippen molar-refractivity contribution in [2.45, 2.75) is 51.1 Å². The van der Waals surface area contributed by atoms with E-state index in [1.165, 1.54) is 31.2 Å². The van der Waals surface area contributed by atoms with Gasteiger partial charge in [0.15, 0.2) is 0 Å². The first kappa shape index (κ1) is 13.6. The molecule has 2 N–H and O–H groups in total. The number of nitrogens with zero attached hydrogens (tertiary/aromatic N) is 1. The highest BCUT2D eigenvalue weighted by molar-refractivity contribution is 5.18. The topological polar surface area (TPSA) is 37.2 Å². The highest BCUT2D eigenvalue weighted by atomic mass is 16.2. The van der Waals surface area contributed by atoms with Gasteiger partial charge in [-0.3, -0.25) is 0 Å². The number of nitrogens with one attached hydrogen (secondary N) is 1. The first-order chi connectivity index (χ1) is 8.85. The van der Waals surface area contributed by atoms with Crippen molar-refractivity contribution in [2.75, 3.05) is 13.7 Å². The van der Waals surface area contributed by atoms with Crippen LogP contribution in [-0.4, -0.2) is 23.3 Å². The Balaban J connectivity index is 1.75. The quantitative estimate of drug-likeness (QED) is 0.661. The van der Waals surface area contributed by atoms with E-state index in [1.807, 2.05) is 0 Å². The van der Waals surface area contributed by atoms with E-state index < -0.39 is 0 Å². The second-order valence-electron chi connectivity index (χ2n) is 5.42. The van der Waals surface area contributed by atoms with Crippen molar-refractivity contribution >= 4 is 0 Å². The molecule has 1 fully saturated rings. The lowest BCUT2D eigenvalue weighted by Gasteiger charge is -2.13. The van der Waals surface area contributed by atoms with Crippen LogP contribution in [0.4, 0.5) is 0 Å². The van der Waals surface area contributed by atoms with E-state index >= 15 is 0 Å². The third kappa shape index (κ3) is 3.85. The summed E-state index contributed by atoms with van der Waals surface area (Å²) in [7, 11) is 2.06. The number of rotatable bonds is 9. The van der Waals surface area contributed by atoms with Gasteiger partial charge in [-0.2, -0.15) is 0 Å². The minimum atomic E-state index is 0.332. The molecule has 1 aromatic rings. The van der Waals surface area contributed by atoms with Gasteiger partial charge >= 0.3 is 0 Å². The summed E-state index contributed by atoms with van der Waals surface area (Å²) in [6, 6.07) is 2.81. The molecule has 0 amide bonds. The monoisotopic (exact) mass is 250 g/mol. The van der Waals surface area contributed by atoms with Crippen LogP contribution in [0.2, 0.25) is 0 Å². The summed E-state index contributed by atoms with van der Waals surface area (Å²) in [5, 5.41) is 12.2. The van der Waals surface area contributed by atoms with Gasteiger partial charge in [0.1, 0.15) is 0 Å². The number of aliphatic hydroxyl groups excluding tert-OH is 1. The molecule has 0 saturated heterocycles. The Morgan fingerprint density at radius 2 is 2.11 bits per heavy atom. The lowest BCUT2D eigenvalue weighted by atomic mass is 10.1. The van der Waals surface area contributed by atoms with Gasteiger partial charge in [0, 0.05) is 31.6 Å². The van der Waals surface area contributed by atoms with Crippen LogP contribution in [0.1, 0.15) is 50.1 Å². The van der Waals surface area contributed by atoms with Crippen LogP contribution in [-0.2, 0) is 6.54 Å². The SMILES string of the molecule is CNC(c1ccn(CCCCCCO)c1)C1CC1. The number of unbranched alkanes of at least 4 members (excludes halogenated alkanes) is 3. The van der Waals surface area contributed by atoms with Crippen LogP contribution in [0.15, 0.2) is 18.5 Å². The molecule has 3 nitrogen and oxygen atoms in total. The molecule has 2 rings (SSSR count). The molecular weight excluding hydrogens is 224 g/mol. The largest absolute Gasteiger partial charge is 0.396 e. The van der Waals surface area contributed by atoms with E-state index in [1.54, 1.807) is 0 Å². The zero-order valence-electron chi connectivity index (χ0n) is 11.4. The molecule has 1 saturated carbocycles. The smallest absolute Gasteiger partial charge is 0.0431 e. The minimum absolute atomic E-state index is 0.332. The van der Waals surface area contributed by atoms with Crippen molar-refractivity contribution in [1.82, 2.24) is 9.88 Å². The Labute approximate surface area is 110 Å². The molecule has 18 heavy (non-hydrogen) atoms. The fraction of sp³-hybridized carbons (Fsp3) is 0.733. The van der Waals surface area contributed by atoms with Crippen molar-refractivity contribution in [3.8, 4) is 0 Å². The lowest BCUT2D eigenvalue weighted by molar-refractivity contribution is 0.282. The molecule has 0 bridgehead atoms. The van der Waals surface area contributed by atoms with Crippen LogP contribution in [0, 0.1) is 5.92 Å². The van der Waals surface area contributed by atoms with Crippen LogP contribution in [0.25, 0.3) is 0 Å². The number of aryl methyl sites for hydroxylation is 1. The summed E-state index contributed by atoms with van der Waals surface area (Å²) < 4.78 is 2.31. The van der Waals surface area contributed by atoms with E-state index in [4.69, 9.17) is 5.11 Å². The molecule has 0 aromatic carbocycles. The van der Waals surface area contributed by atoms with Crippen molar-refractivity contribution in [3.63, 3.8) is 0 Å². The van der Waals surface area contributed by atoms with Crippen LogP contribution >= 0.6 is 0 Å². The molecule has 1 atom stereocenters. The normalized spacial score (nSPS) is 17.0. The summed E-state index contributed by atoms with van der Waals surface area (Å²) >= 11 is 0. The Bertz CT molecular complexity index is 344.